The van der Waals surface area contributed by atoms with E-state index in [0.717, 1.165) is 12.0 Å². The van der Waals surface area contributed by atoms with E-state index in [2.05, 4.69) is 0 Å². The van der Waals surface area contributed by atoms with Gasteiger partial charge in [-0.05, 0) is 12.0 Å². The van der Waals surface area contributed by atoms with Crippen molar-refractivity contribution in [3.8, 4) is 0 Å². The highest BCUT2D eigenvalue weighted by Gasteiger charge is 2.24. The van der Waals surface area contributed by atoms with Crippen LogP contribution in [0, 0.1) is 0 Å². The van der Waals surface area contributed by atoms with Gasteiger partial charge in [0.25, 0.3) is 0 Å². The summed E-state index contributed by atoms with van der Waals surface area (Å²) in [7, 11) is -3.53. The molecule has 0 spiro atoms. The average molecular weight is 200 g/mol. The Labute approximate surface area is 79.5 Å². The second kappa shape index (κ2) is 5.12. The van der Waals surface area contributed by atoms with Crippen LogP contribution in [0.3, 0.4) is 0 Å². The van der Waals surface area contributed by atoms with Crippen LogP contribution in [-0.2, 0) is 0 Å². The highest BCUT2D eigenvalue weighted by molar-refractivity contribution is 6.44. The molecule has 3 heteroatoms. The first-order valence-corrected chi connectivity index (χ1v) is 6.12. The van der Waals surface area contributed by atoms with Gasteiger partial charge in [-0.15, -0.1) is 0 Å². The monoisotopic (exact) mass is 200 g/mol. The third kappa shape index (κ3) is 2.92. The zero-order valence-corrected chi connectivity index (χ0v) is 8.87. The predicted octanol–water partition coefficient (Wildman–Crippen LogP) is 3.27. The Balaban J connectivity index is 2.76. The van der Waals surface area contributed by atoms with Gasteiger partial charge in [0.05, 0.1) is 0 Å². The van der Waals surface area contributed by atoms with E-state index < -0.39 is 15.0 Å². The summed E-state index contributed by atoms with van der Waals surface area (Å²) in [5, 5.41) is 0. The average Bonchev–Trinajstić information content (AvgIpc) is 2.15. The van der Waals surface area contributed by atoms with E-state index in [-0.39, 0.29) is 0 Å². The van der Waals surface area contributed by atoms with Crippen molar-refractivity contribution >= 4 is 9.46 Å². The molecule has 0 aliphatic rings. The van der Waals surface area contributed by atoms with Gasteiger partial charge in [0.2, 0.25) is 0 Å². The maximum atomic E-state index is 12.7. The molecule has 0 bridgehead atoms. The van der Waals surface area contributed by atoms with Gasteiger partial charge in [0.15, 0.2) is 0 Å². The first-order valence-electron chi connectivity index (χ1n) is 4.58. The van der Waals surface area contributed by atoms with Crippen LogP contribution in [0.2, 0.25) is 0 Å². The molecule has 0 heterocycles. The van der Waals surface area contributed by atoms with E-state index in [9.17, 15) is 8.22 Å². The molecule has 1 rings (SSSR count). The minimum absolute atomic E-state index is 0.453. The maximum absolute atomic E-state index is 12.7. The Morgan fingerprint density at radius 3 is 2.31 bits per heavy atom. The van der Waals surface area contributed by atoms with Crippen molar-refractivity contribution in [1.29, 1.82) is 0 Å². The Morgan fingerprint density at radius 1 is 1.23 bits per heavy atom. The van der Waals surface area contributed by atoms with Crippen molar-refractivity contribution in [2.75, 3.05) is 0 Å². The number of hydrogen-bond donors (Lipinski definition) is 0. The third-order valence-electron chi connectivity index (χ3n) is 2.13. The van der Waals surface area contributed by atoms with Crippen LogP contribution in [0.15, 0.2) is 30.3 Å². The molecule has 0 nitrogen and oxygen atoms in total. The van der Waals surface area contributed by atoms with Crippen LogP contribution in [-0.4, -0.2) is 9.46 Å². The van der Waals surface area contributed by atoms with Crippen molar-refractivity contribution in [1.82, 2.24) is 0 Å². The lowest BCUT2D eigenvalue weighted by Gasteiger charge is -2.13. The lowest BCUT2D eigenvalue weighted by Crippen LogP contribution is -2.13. The molecule has 0 amide bonds. The fourth-order valence-corrected chi connectivity index (χ4v) is 2.55. The molecular weight excluding hydrogens is 186 g/mol. The van der Waals surface area contributed by atoms with Gasteiger partial charge in [0, 0.05) is 5.54 Å². The molecule has 1 aromatic rings. The van der Waals surface area contributed by atoms with E-state index in [0.29, 0.717) is 6.42 Å². The van der Waals surface area contributed by atoms with Gasteiger partial charge in [-0.3, -0.25) is 8.22 Å². The van der Waals surface area contributed by atoms with E-state index in [1.807, 2.05) is 25.1 Å². The first kappa shape index (κ1) is 10.4. The molecule has 0 N–H and O–H groups in total. The number of rotatable bonds is 4. The quantitative estimate of drug-likeness (QED) is 0.517. The molecule has 0 aliphatic heterocycles. The molecule has 0 aromatic heterocycles. The number of benzene rings is 1. The highest BCUT2D eigenvalue weighted by atomic mass is 28.4. The maximum Gasteiger partial charge on any atom is 0.418 e. The minimum Gasteiger partial charge on any atom is -0.274 e. The Bertz CT molecular complexity index is 236. The summed E-state index contributed by atoms with van der Waals surface area (Å²) in [5.41, 5.74) is 0.359. The SMILES string of the molecule is CCCC(c1ccccc1)[SiH](F)F. The van der Waals surface area contributed by atoms with Crippen molar-refractivity contribution in [3.63, 3.8) is 0 Å². The molecule has 0 fully saturated rings. The predicted molar refractivity (Wildman–Crippen MR) is 53.5 cm³/mol. The zero-order valence-electron chi connectivity index (χ0n) is 7.71. The second-order valence-electron chi connectivity index (χ2n) is 3.14. The van der Waals surface area contributed by atoms with E-state index in [4.69, 9.17) is 0 Å². The van der Waals surface area contributed by atoms with Gasteiger partial charge in [0.1, 0.15) is 0 Å². The Kier molecular flexibility index (Phi) is 4.09. The summed E-state index contributed by atoms with van der Waals surface area (Å²) >= 11 is 0. The zero-order chi connectivity index (χ0) is 9.68. The lowest BCUT2D eigenvalue weighted by molar-refractivity contribution is 0.587. The summed E-state index contributed by atoms with van der Waals surface area (Å²) in [5.74, 6) is 0. The largest absolute Gasteiger partial charge is 0.418 e. The van der Waals surface area contributed by atoms with Crippen molar-refractivity contribution in [2.45, 2.75) is 25.3 Å². The molecule has 0 radical (unpaired) electrons. The van der Waals surface area contributed by atoms with Crippen LogP contribution in [0.1, 0.15) is 30.9 Å². The topological polar surface area (TPSA) is 0 Å². The van der Waals surface area contributed by atoms with Gasteiger partial charge < -0.3 is 0 Å². The summed E-state index contributed by atoms with van der Waals surface area (Å²) < 4.78 is 25.4. The van der Waals surface area contributed by atoms with Crippen LogP contribution in [0.25, 0.3) is 0 Å². The van der Waals surface area contributed by atoms with Crippen molar-refractivity contribution in [2.24, 2.45) is 0 Å². The fourth-order valence-electron chi connectivity index (χ4n) is 1.45. The van der Waals surface area contributed by atoms with Crippen LogP contribution in [0.4, 0.5) is 8.22 Å². The minimum atomic E-state index is -3.53. The van der Waals surface area contributed by atoms with E-state index in [1.54, 1.807) is 12.1 Å². The third-order valence-corrected chi connectivity index (χ3v) is 3.46. The fraction of sp³-hybridized carbons (Fsp3) is 0.400. The molecule has 1 unspecified atom stereocenters. The van der Waals surface area contributed by atoms with Crippen molar-refractivity contribution in [3.05, 3.63) is 35.9 Å². The van der Waals surface area contributed by atoms with Crippen LogP contribution in [0.5, 0.6) is 0 Å². The van der Waals surface area contributed by atoms with Gasteiger partial charge >= 0.3 is 9.46 Å². The van der Waals surface area contributed by atoms with Crippen LogP contribution >= 0.6 is 0 Å². The molecule has 0 aliphatic carbocycles. The molecule has 1 atom stereocenters. The summed E-state index contributed by atoms with van der Waals surface area (Å²) in [6.45, 7) is 1.95. The highest BCUT2D eigenvalue weighted by Crippen LogP contribution is 2.25. The Morgan fingerprint density at radius 2 is 1.85 bits per heavy atom. The summed E-state index contributed by atoms with van der Waals surface area (Å²) in [4.78, 5) is 0. The van der Waals surface area contributed by atoms with E-state index >= 15 is 0 Å². The second-order valence-corrected chi connectivity index (χ2v) is 4.61. The number of halogens is 2. The molecule has 0 saturated heterocycles. The van der Waals surface area contributed by atoms with Crippen molar-refractivity contribution < 1.29 is 8.22 Å². The van der Waals surface area contributed by atoms with Gasteiger partial charge in [-0.1, -0.05) is 43.7 Å². The van der Waals surface area contributed by atoms with Gasteiger partial charge in [-0.2, -0.15) is 0 Å². The molecule has 1 aromatic carbocycles. The molecular formula is C10H14F2Si. The first-order chi connectivity index (χ1) is 6.25. The lowest BCUT2D eigenvalue weighted by atomic mass is 10.1. The summed E-state index contributed by atoms with van der Waals surface area (Å²) in [6.07, 6.45) is 1.45. The van der Waals surface area contributed by atoms with E-state index in [1.165, 1.54) is 0 Å². The number of hydrogen-bond acceptors (Lipinski definition) is 0. The van der Waals surface area contributed by atoms with Gasteiger partial charge in [-0.25, -0.2) is 0 Å². The normalized spacial score (nSPS) is 13.2. The molecule has 72 valence electrons. The standard InChI is InChI=1S/C10H14F2Si/c1-2-6-10(13(11)12)9-7-4-3-5-8-9/h3-5,7-8,10,13H,2,6H2,1H3. The van der Waals surface area contributed by atoms with Crippen LogP contribution < -0.4 is 0 Å². The smallest absolute Gasteiger partial charge is 0.274 e. The molecule has 13 heavy (non-hydrogen) atoms. The molecule has 0 saturated carbocycles. The summed E-state index contributed by atoms with van der Waals surface area (Å²) in [6, 6.07) is 9.13. The Hall–Kier alpha value is -0.703.